The summed E-state index contributed by atoms with van der Waals surface area (Å²) in [5, 5.41) is 5.58. The Balaban J connectivity index is 1.64. The minimum Gasteiger partial charge on any atom is -0.363 e. The average Bonchev–Trinajstić information content (AvgIpc) is 3.86. The summed E-state index contributed by atoms with van der Waals surface area (Å²) in [4.78, 5) is 9.34. The van der Waals surface area contributed by atoms with Gasteiger partial charge in [-0.3, -0.25) is 4.98 Å². The molecule has 3 aliphatic rings. The molecule has 1 saturated carbocycles. The van der Waals surface area contributed by atoms with Crippen LogP contribution in [0.3, 0.4) is 0 Å². The van der Waals surface area contributed by atoms with Crippen LogP contribution in [0.5, 0.6) is 0 Å². The first-order valence-electron chi connectivity index (χ1n) is 18.4. The normalized spacial score (nSPS) is 28.0. The fourth-order valence-electron chi connectivity index (χ4n) is 10.5. The van der Waals surface area contributed by atoms with Gasteiger partial charge in [0, 0.05) is 43.1 Å². The van der Waals surface area contributed by atoms with Gasteiger partial charge in [0.2, 0.25) is 0 Å². The highest BCUT2D eigenvalue weighted by molar-refractivity contribution is 5.49. The first-order chi connectivity index (χ1) is 22.8. The van der Waals surface area contributed by atoms with Gasteiger partial charge in [-0.15, -0.1) is 0 Å². The van der Waals surface area contributed by atoms with E-state index in [9.17, 15) is 0 Å². The predicted molar refractivity (Wildman–Crippen MR) is 189 cm³/mol. The number of aromatic amines is 1. The van der Waals surface area contributed by atoms with E-state index in [1.165, 1.54) is 99.6 Å². The predicted octanol–water partition coefficient (Wildman–Crippen LogP) is 9.70. The number of hydrogen-bond donors (Lipinski definition) is 1. The first kappa shape index (κ1) is 31.4. The third-order valence-corrected chi connectivity index (χ3v) is 12.3. The molecule has 1 N–H and O–H groups in total. The minimum absolute atomic E-state index is 0.0820. The van der Waals surface area contributed by atoms with Crippen molar-refractivity contribution in [1.29, 1.82) is 0 Å². The average molecular weight is 615 g/mol. The maximum absolute atomic E-state index is 5.43. The number of rotatable bonds is 11. The van der Waals surface area contributed by atoms with Gasteiger partial charge < -0.3 is 4.98 Å². The maximum atomic E-state index is 5.43. The third-order valence-electron chi connectivity index (χ3n) is 12.3. The summed E-state index contributed by atoms with van der Waals surface area (Å²) in [6.45, 7) is 5.64. The van der Waals surface area contributed by atoms with Gasteiger partial charge in [0.15, 0.2) is 0 Å². The van der Waals surface area contributed by atoms with Crippen LogP contribution in [0.2, 0.25) is 0 Å². The van der Waals surface area contributed by atoms with Gasteiger partial charge in [0.05, 0.1) is 5.69 Å². The summed E-state index contributed by atoms with van der Waals surface area (Å²) in [6.07, 6.45) is 20.7. The molecule has 4 heterocycles. The molecule has 3 fully saturated rings. The zero-order chi connectivity index (χ0) is 31.3. The molecule has 2 aromatic carbocycles. The number of H-pyrrole nitrogens is 1. The quantitative estimate of drug-likeness (QED) is 0.171. The highest BCUT2D eigenvalue weighted by atomic mass is 15.7. The summed E-state index contributed by atoms with van der Waals surface area (Å²) in [7, 11) is 0. The number of piperidine rings is 1. The molecule has 0 bridgehead atoms. The van der Waals surface area contributed by atoms with Crippen molar-refractivity contribution in [2.24, 2.45) is 11.3 Å². The largest absolute Gasteiger partial charge is 0.363 e. The van der Waals surface area contributed by atoms with Crippen LogP contribution >= 0.6 is 0 Å². The molecule has 0 spiro atoms. The Morgan fingerprint density at radius 3 is 2.17 bits per heavy atom. The van der Waals surface area contributed by atoms with Crippen molar-refractivity contribution in [3.8, 4) is 0 Å². The van der Waals surface area contributed by atoms with Crippen LogP contribution in [-0.2, 0) is 17.4 Å². The van der Waals surface area contributed by atoms with Crippen LogP contribution in [0.1, 0.15) is 106 Å². The van der Waals surface area contributed by atoms with Crippen molar-refractivity contribution >= 4 is 0 Å². The Bertz CT molecular complexity index is 1480. The molecule has 2 aromatic heterocycles. The van der Waals surface area contributed by atoms with Gasteiger partial charge in [-0.05, 0) is 91.7 Å². The minimum atomic E-state index is -0.527. The number of aromatic nitrogens is 2. The molecule has 0 amide bonds. The maximum Gasteiger partial charge on any atom is 0.127 e. The Morgan fingerprint density at radius 2 is 1.50 bits per heavy atom. The van der Waals surface area contributed by atoms with Crippen LogP contribution in [0.15, 0.2) is 103 Å². The SMILES string of the molecule is CCCCCC1(C2CCCCC2)CCN(N2CCCC2)C(c2ccccn2)(c2ccc[nH]2)C1(Cc1ccccc1)c1ccccc1. The van der Waals surface area contributed by atoms with Crippen molar-refractivity contribution in [2.45, 2.75) is 101 Å². The molecule has 1 aliphatic carbocycles. The third kappa shape index (κ3) is 5.17. The Kier molecular flexibility index (Phi) is 9.47. The monoisotopic (exact) mass is 614 g/mol. The van der Waals surface area contributed by atoms with Crippen LogP contribution < -0.4 is 0 Å². The molecule has 4 heteroatoms. The molecule has 4 nitrogen and oxygen atoms in total. The second-order valence-corrected chi connectivity index (χ2v) is 14.4. The van der Waals surface area contributed by atoms with E-state index in [2.05, 4.69) is 125 Å². The topological polar surface area (TPSA) is 35.2 Å². The number of benzene rings is 2. The van der Waals surface area contributed by atoms with E-state index < -0.39 is 5.54 Å². The van der Waals surface area contributed by atoms with Gasteiger partial charge in [-0.25, -0.2) is 10.0 Å². The number of hydrazine groups is 1. The highest BCUT2D eigenvalue weighted by Crippen LogP contribution is 2.69. The summed E-state index contributed by atoms with van der Waals surface area (Å²) >= 11 is 0. The molecular weight excluding hydrogens is 560 g/mol. The lowest BCUT2D eigenvalue weighted by Gasteiger charge is -2.70. The molecule has 4 aromatic rings. The Hall–Kier alpha value is -3.21. The molecule has 2 saturated heterocycles. The van der Waals surface area contributed by atoms with Crippen LogP contribution in [0, 0.1) is 11.3 Å². The fourth-order valence-corrected chi connectivity index (χ4v) is 10.5. The molecule has 46 heavy (non-hydrogen) atoms. The summed E-state index contributed by atoms with van der Waals surface area (Å²) in [5.41, 5.74) is 4.63. The summed E-state index contributed by atoms with van der Waals surface area (Å²) < 4.78 is 0. The fraction of sp³-hybridized carbons (Fsp3) is 0.500. The van der Waals surface area contributed by atoms with Crippen molar-refractivity contribution in [3.05, 3.63) is 126 Å². The van der Waals surface area contributed by atoms with Crippen molar-refractivity contribution in [3.63, 3.8) is 0 Å². The number of nitrogens with one attached hydrogen (secondary N) is 1. The van der Waals surface area contributed by atoms with Gasteiger partial charge in [-0.2, -0.15) is 0 Å². The van der Waals surface area contributed by atoms with Crippen molar-refractivity contribution in [1.82, 2.24) is 20.0 Å². The molecule has 7 rings (SSSR count). The van der Waals surface area contributed by atoms with E-state index in [0.717, 1.165) is 26.1 Å². The summed E-state index contributed by atoms with van der Waals surface area (Å²) in [6, 6.07) is 34.6. The van der Waals surface area contributed by atoms with E-state index in [1.807, 2.05) is 0 Å². The number of nitrogens with zero attached hydrogens (tertiary/aromatic N) is 3. The molecule has 2 aliphatic heterocycles. The zero-order valence-corrected chi connectivity index (χ0v) is 28.0. The first-order valence-corrected chi connectivity index (χ1v) is 18.4. The number of pyridine rings is 1. The van der Waals surface area contributed by atoms with Crippen molar-refractivity contribution < 1.29 is 0 Å². The van der Waals surface area contributed by atoms with Crippen LogP contribution in [0.25, 0.3) is 0 Å². The summed E-state index contributed by atoms with van der Waals surface area (Å²) in [5.74, 6) is 0.667. The lowest BCUT2D eigenvalue weighted by atomic mass is 9.39. The van der Waals surface area contributed by atoms with E-state index in [0.29, 0.717) is 5.92 Å². The highest BCUT2D eigenvalue weighted by Gasteiger charge is 2.72. The Labute approximate surface area is 277 Å². The van der Waals surface area contributed by atoms with Crippen LogP contribution in [0.4, 0.5) is 0 Å². The lowest BCUT2D eigenvalue weighted by Crippen LogP contribution is -2.76. The van der Waals surface area contributed by atoms with E-state index in [1.54, 1.807) is 0 Å². The van der Waals surface area contributed by atoms with E-state index >= 15 is 0 Å². The molecule has 3 atom stereocenters. The number of unbranched alkanes of at least 4 members (excludes halogenated alkanes) is 2. The van der Waals surface area contributed by atoms with Gasteiger partial charge in [0.25, 0.3) is 0 Å². The smallest absolute Gasteiger partial charge is 0.127 e. The van der Waals surface area contributed by atoms with Crippen LogP contribution in [-0.4, -0.2) is 39.6 Å². The zero-order valence-electron chi connectivity index (χ0n) is 28.0. The standard InChI is InChI=1S/C42H54N4/c1-2-3-14-27-40(36-21-9-5-10-22-36)28-33-46(45-31-16-17-32-45)42(39-26-18-30-44-39,38-25-13-15-29-43-38)41(40,37-23-11-6-12-24-37)34-35-19-7-4-8-20-35/h4,6-8,11-13,15,18-20,23-26,29-30,36,44H,2-3,5,9-10,14,16-17,21-22,27-28,31-34H2,1H3. The van der Waals surface area contributed by atoms with Gasteiger partial charge in [-0.1, -0.05) is 112 Å². The lowest BCUT2D eigenvalue weighted by molar-refractivity contribution is -0.211. The van der Waals surface area contributed by atoms with Gasteiger partial charge in [0.1, 0.15) is 5.54 Å². The number of hydrogen-bond acceptors (Lipinski definition) is 3. The van der Waals surface area contributed by atoms with E-state index in [-0.39, 0.29) is 10.8 Å². The second kappa shape index (κ2) is 13.9. The van der Waals surface area contributed by atoms with Gasteiger partial charge >= 0.3 is 0 Å². The molecule has 3 unspecified atom stereocenters. The van der Waals surface area contributed by atoms with E-state index in [4.69, 9.17) is 4.98 Å². The van der Waals surface area contributed by atoms with Crippen molar-refractivity contribution in [2.75, 3.05) is 19.6 Å². The molecule has 0 radical (unpaired) electrons. The Morgan fingerprint density at radius 1 is 0.761 bits per heavy atom. The molecule has 242 valence electrons. The molecular formula is C42H54N4. The second-order valence-electron chi connectivity index (χ2n) is 14.4.